The molecule has 0 spiro atoms. The van der Waals surface area contributed by atoms with Crippen LogP contribution in [-0.2, 0) is 0 Å². The predicted molar refractivity (Wildman–Crippen MR) is 77.6 cm³/mol. The van der Waals surface area contributed by atoms with Gasteiger partial charge in [-0.1, -0.05) is 18.2 Å². The number of aryl methyl sites for hydroxylation is 1. The first-order chi connectivity index (χ1) is 10.2. The van der Waals surface area contributed by atoms with E-state index < -0.39 is 0 Å². The van der Waals surface area contributed by atoms with Crippen LogP contribution in [0.1, 0.15) is 37.7 Å². The van der Waals surface area contributed by atoms with Crippen molar-refractivity contribution in [1.82, 2.24) is 9.97 Å². The van der Waals surface area contributed by atoms with Gasteiger partial charge in [-0.05, 0) is 30.7 Å². The van der Waals surface area contributed by atoms with Crippen LogP contribution in [0.3, 0.4) is 0 Å². The topological polar surface area (TPSA) is 59.9 Å². The van der Waals surface area contributed by atoms with E-state index >= 15 is 0 Å². The highest BCUT2D eigenvalue weighted by atomic mass is 16.1. The van der Waals surface area contributed by atoms with E-state index in [1.807, 2.05) is 31.2 Å². The third-order valence-electron chi connectivity index (χ3n) is 3.86. The van der Waals surface area contributed by atoms with Gasteiger partial charge in [-0.15, -0.1) is 0 Å². The molecule has 3 aromatic rings. The summed E-state index contributed by atoms with van der Waals surface area (Å²) in [5.74, 6) is -0.461. The summed E-state index contributed by atoms with van der Waals surface area (Å²) in [4.78, 5) is 33.7. The lowest BCUT2D eigenvalue weighted by Crippen LogP contribution is -2.24. The fraction of sp³-hybridized carbons (Fsp3) is 0.0588. The number of ketones is 2. The minimum atomic E-state index is -0.283. The highest BCUT2D eigenvalue weighted by molar-refractivity contribution is 6.28. The van der Waals surface area contributed by atoms with Gasteiger partial charge in [0.1, 0.15) is 11.4 Å². The summed E-state index contributed by atoms with van der Waals surface area (Å²) >= 11 is 0. The summed E-state index contributed by atoms with van der Waals surface area (Å²) < 4.78 is 0. The Kier molecular flexibility index (Phi) is 2.30. The molecule has 100 valence electrons. The average Bonchev–Trinajstić information content (AvgIpc) is 2.52. The fourth-order valence-corrected chi connectivity index (χ4v) is 2.84. The first-order valence-electron chi connectivity index (χ1n) is 6.62. The van der Waals surface area contributed by atoms with Crippen LogP contribution < -0.4 is 0 Å². The van der Waals surface area contributed by atoms with E-state index in [2.05, 4.69) is 9.97 Å². The molecule has 0 bridgehead atoms. The minimum Gasteiger partial charge on any atom is -0.288 e. The van der Waals surface area contributed by atoms with Gasteiger partial charge in [0.15, 0.2) is 5.78 Å². The number of hydrogen-bond acceptors (Lipinski definition) is 4. The molecule has 1 aromatic carbocycles. The van der Waals surface area contributed by atoms with Crippen LogP contribution in [0.2, 0.25) is 0 Å². The SMILES string of the molecule is Cc1c2c(nc3ccccc13)C(=O)c1ncccc1C2=O. The van der Waals surface area contributed by atoms with E-state index in [0.29, 0.717) is 16.6 Å². The molecule has 0 atom stereocenters. The lowest BCUT2D eigenvalue weighted by molar-refractivity contribution is 0.0971. The summed E-state index contributed by atoms with van der Waals surface area (Å²) in [6, 6.07) is 10.8. The van der Waals surface area contributed by atoms with Crippen molar-refractivity contribution >= 4 is 22.5 Å². The Bertz CT molecular complexity index is 945. The molecular weight excluding hydrogens is 264 g/mol. The lowest BCUT2D eigenvalue weighted by atomic mass is 9.86. The maximum Gasteiger partial charge on any atom is 0.231 e. The van der Waals surface area contributed by atoms with Gasteiger partial charge < -0.3 is 0 Å². The van der Waals surface area contributed by atoms with Gasteiger partial charge in [-0.3, -0.25) is 14.6 Å². The molecule has 4 nitrogen and oxygen atoms in total. The van der Waals surface area contributed by atoms with Gasteiger partial charge in [0.25, 0.3) is 0 Å². The summed E-state index contributed by atoms with van der Waals surface area (Å²) in [5, 5.41) is 0.893. The lowest BCUT2D eigenvalue weighted by Gasteiger charge is -2.18. The van der Waals surface area contributed by atoms with Gasteiger partial charge in [0.2, 0.25) is 5.78 Å². The number of benzene rings is 1. The summed E-state index contributed by atoms with van der Waals surface area (Å²) in [7, 11) is 0. The van der Waals surface area contributed by atoms with Gasteiger partial charge in [0, 0.05) is 11.6 Å². The number of hydrogen-bond donors (Lipinski definition) is 0. The van der Waals surface area contributed by atoms with E-state index in [-0.39, 0.29) is 23.0 Å². The Morgan fingerprint density at radius 1 is 0.905 bits per heavy atom. The van der Waals surface area contributed by atoms with Crippen LogP contribution >= 0.6 is 0 Å². The highest BCUT2D eigenvalue weighted by Crippen LogP contribution is 2.30. The molecule has 1 aliphatic carbocycles. The van der Waals surface area contributed by atoms with Crippen LogP contribution in [0.15, 0.2) is 42.6 Å². The first-order valence-corrected chi connectivity index (χ1v) is 6.62. The Hall–Kier alpha value is -2.88. The maximum atomic E-state index is 12.7. The third-order valence-corrected chi connectivity index (χ3v) is 3.86. The number of nitrogens with zero attached hydrogens (tertiary/aromatic N) is 2. The second-order valence-corrected chi connectivity index (χ2v) is 5.04. The second kappa shape index (κ2) is 4.06. The molecule has 0 saturated heterocycles. The Morgan fingerprint density at radius 3 is 2.57 bits per heavy atom. The fourth-order valence-electron chi connectivity index (χ4n) is 2.84. The number of aromatic nitrogens is 2. The second-order valence-electron chi connectivity index (χ2n) is 5.04. The summed E-state index contributed by atoms with van der Waals surface area (Å²) in [6.45, 7) is 1.86. The van der Waals surface area contributed by atoms with Crippen molar-refractivity contribution in [2.45, 2.75) is 6.92 Å². The number of para-hydroxylation sites is 1. The van der Waals surface area contributed by atoms with Crippen LogP contribution in [0.4, 0.5) is 0 Å². The predicted octanol–water partition coefficient (Wildman–Crippen LogP) is 2.71. The molecule has 0 amide bonds. The van der Waals surface area contributed by atoms with E-state index in [1.165, 1.54) is 6.20 Å². The molecule has 0 fully saturated rings. The molecular formula is C17H10N2O2. The van der Waals surface area contributed by atoms with Crippen LogP contribution in [0.5, 0.6) is 0 Å². The molecule has 4 heteroatoms. The monoisotopic (exact) mass is 274 g/mol. The number of carbonyl (C=O) groups excluding carboxylic acids is 2. The molecule has 0 aliphatic heterocycles. The Morgan fingerprint density at radius 2 is 1.71 bits per heavy atom. The molecule has 0 N–H and O–H groups in total. The zero-order valence-corrected chi connectivity index (χ0v) is 11.3. The average molecular weight is 274 g/mol. The smallest absolute Gasteiger partial charge is 0.231 e. The van der Waals surface area contributed by atoms with Crippen molar-refractivity contribution in [3.8, 4) is 0 Å². The van der Waals surface area contributed by atoms with E-state index in [1.54, 1.807) is 12.1 Å². The van der Waals surface area contributed by atoms with Crippen molar-refractivity contribution in [3.63, 3.8) is 0 Å². The standard InChI is InChI=1S/C17H10N2O2/c1-9-10-5-2-3-7-12(10)19-15-13(9)16(20)11-6-4-8-18-14(11)17(15)21/h2-8H,1H3. The van der Waals surface area contributed by atoms with Crippen molar-refractivity contribution in [2.75, 3.05) is 0 Å². The van der Waals surface area contributed by atoms with Gasteiger partial charge in [0.05, 0.1) is 16.6 Å². The zero-order valence-electron chi connectivity index (χ0n) is 11.3. The zero-order chi connectivity index (χ0) is 14.6. The van der Waals surface area contributed by atoms with E-state index in [0.717, 1.165) is 10.9 Å². The van der Waals surface area contributed by atoms with Crippen molar-refractivity contribution < 1.29 is 9.59 Å². The molecule has 2 aromatic heterocycles. The molecule has 0 unspecified atom stereocenters. The molecule has 0 saturated carbocycles. The van der Waals surface area contributed by atoms with Gasteiger partial charge in [-0.25, -0.2) is 4.98 Å². The Labute approximate surface area is 120 Å². The Balaban J connectivity index is 2.14. The quantitative estimate of drug-likeness (QED) is 0.494. The van der Waals surface area contributed by atoms with Gasteiger partial charge >= 0.3 is 0 Å². The summed E-state index contributed by atoms with van der Waals surface area (Å²) in [6.07, 6.45) is 1.52. The van der Waals surface area contributed by atoms with E-state index in [4.69, 9.17) is 0 Å². The van der Waals surface area contributed by atoms with Crippen molar-refractivity contribution in [3.05, 3.63) is 70.7 Å². The first kappa shape index (κ1) is 11.9. The molecule has 0 radical (unpaired) electrons. The van der Waals surface area contributed by atoms with Crippen LogP contribution in [0.25, 0.3) is 10.9 Å². The highest BCUT2D eigenvalue weighted by Gasteiger charge is 2.33. The number of pyridine rings is 2. The van der Waals surface area contributed by atoms with E-state index in [9.17, 15) is 9.59 Å². The minimum absolute atomic E-state index is 0.177. The third kappa shape index (κ3) is 1.50. The van der Waals surface area contributed by atoms with Crippen LogP contribution in [0, 0.1) is 6.92 Å². The molecule has 2 heterocycles. The van der Waals surface area contributed by atoms with Crippen LogP contribution in [-0.4, -0.2) is 21.5 Å². The summed E-state index contributed by atoms with van der Waals surface area (Å²) in [5.41, 5.74) is 2.67. The number of fused-ring (bicyclic) bond motifs is 3. The van der Waals surface area contributed by atoms with Crippen molar-refractivity contribution in [1.29, 1.82) is 0 Å². The molecule has 4 rings (SSSR count). The largest absolute Gasteiger partial charge is 0.288 e. The molecule has 1 aliphatic rings. The maximum absolute atomic E-state index is 12.7. The normalized spacial score (nSPS) is 13.2. The molecule has 21 heavy (non-hydrogen) atoms. The number of rotatable bonds is 0. The van der Waals surface area contributed by atoms with Crippen molar-refractivity contribution in [2.24, 2.45) is 0 Å². The van der Waals surface area contributed by atoms with Gasteiger partial charge in [-0.2, -0.15) is 0 Å². The number of carbonyl (C=O) groups is 2.